The van der Waals surface area contributed by atoms with E-state index in [2.05, 4.69) is 10.4 Å². The number of nitrogens with one attached hydrogen (secondary N) is 1. The molecule has 0 aliphatic heterocycles. The lowest BCUT2D eigenvalue weighted by molar-refractivity contribution is -0.497. The number of rotatable bonds is 7. The van der Waals surface area contributed by atoms with Gasteiger partial charge in [0.05, 0.1) is 17.1 Å². The third-order valence-corrected chi connectivity index (χ3v) is 7.42. The number of anilines is 2. The fraction of sp³-hybridized carbons (Fsp3) is 0.500. The fourth-order valence-corrected chi connectivity index (χ4v) is 6.08. The fourth-order valence-electron chi connectivity index (χ4n) is 5.90. The van der Waals surface area contributed by atoms with Gasteiger partial charge in [0.2, 0.25) is 6.54 Å². The Morgan fingerprint density at radius 2 is 2.03 bits per heavy atom. The zero-order chi connectivity index (χ0) is 24.8. The minimum Gasteiger partial charge on any atom is -0.481 e. The SMILES string of the molecule is Cn1nc(C2CC3CC(CC(=O)O)(C[N+](=O)[O-])CC3C2)c(C(=O)Nc2ccc(F)c(Cl)c2)c1N. The van der Waals surface area contributed by atoms with Crippen LogP contribution in [0.1, 0.15) is 54.1 Å². The second-order valence-electron chi connectivity index (χ2n) is 9.51. The molecule has 10 nitrogen and oxygen atoms in total. The van der Waals surface area contributed by atoms with Crippen molar-refractivity contribution >= 4 is 35.0 Å². The van der Waals surface area contributed by atoms with Crippen LogP contribution in [0.25, 0.3) is 0 Å². The minimum absolute atomic E-state index is 0.0884. The number of halogens is 2. The first-order chi connectivity index (χ1) is 16.0. The topological polar surface area (TPSA) is 153 Å². The molecule has 0 saturated heterocycles. The molecule has 1 heterocycles. The lowest BCUT2D eigenvalue weighted by Gasteiger charge is -2.24. The van der Waals surface area contributed by atoms with E-state index in [-0.39, 0.29) is 47.1 Å². The van der Waals surface area contributed by atoms with E-state index in [9.17, 15) is 29.2 Å². The van der Waals surface area contributed by atoms with Crippen molar-refractivity contribution in [2.24, 2.45) is 24.3 Å². The molecule has 2 saturated carbocycles. The van der Waals surface area contributed by atoms with E-state index in [4.69, 9.17) is 17.3 Å². The monoisotopic (exact) mass is 493 g/mol. The standard InChI is InChI=1S/C22H25ClFN5O5/c1-28-20(25)18(21(32)26-14-2-3-16(24)15(23)6-14)19(27-28)11-4-12-7-22(9-17(30)31,10-29(33)34)8-13(12)5-11/h2-3,6,11-13H,4-5,7-10,25H2,1H3,(H,26,32)(H,30,31). The van der Waals surface area contributed by atoms with Gasteiger partial charge >= 0.3 is 5.97 Å². The number of carbonyl (C=O) groups is 2. The Hall–Kier alpha value is -3.21. The van der Waals surface area contributed by atoms with Crippen LogP contribution in [0.15, 0.2) is 18.2 Å². The quantitative estimate of drug-likeness (QED) is 0.392. The van der Waals surface area contributed by atoms with Crippen LogP contribution in [0, 0.1) is 33.2 Å². The number of fused-ring (bicyclic) bond motifs is 1. The summed E-state index contributed by atoms with van der Waals surface area (Å²) in [5.41, 5.74) is 6.40. The molecule has 2 aliphatic rings. The smallest absolute Gasteiger partial charge is 0.304 e. The molecular formula is C22H25ClFN5O5. The van der Waals surface area contributed by atoms with Crippen LogP contribution in [-0.4, -0.2) is 38.2 Å². The molecule has 1 aromatic heterocycles. The Balaban J connectivity index is 1.54. The van der Waals surface area contributed by atoms with Crippen LogP contribution >= 0.6 is 11.6 Å². The normalized spacial score (nSPS) is 25.8. The van der Waals surface area contributed by atoms with Crippen molar-refractivity contribution in [2.45, 2.75) is 38.0 Å². The lowest BCUT2D eigenvalue weighted by atomic mass is 9.79. The van der Waals surface area contributed by atoms with Crippen molar-refractivity contribution in [3.63, 3.8) is 0 Å². The predicted octanol–water partition coefficient (Wildman–Crippen LogP) is 3.69. The Morgan fingerprint density at radius 3 is 2.59 bits per heavy atom. The summed E-state index contributed by atoms with van der Waals surface area (Å²) in [4.78, 5) is 35.3. The zero-order valence-electron chi connectivity index (χ0n) is 18.5. The molecular weight excluding hydrogens is 469 g/mol. The Kier molecular flexibility index (Phi) is 6.24. The van der Waals surface area contributed by atoms with Gasteiger partial charge in [0, 0.05) is 29.0 Å². The summed E-state index contributed by atoms with van der Waals surface area (Å²) in [6.07, 6.45) is 1.97. The number of carboxylic acids is 1. The predicted molar refractivity (Wildman–Crippen MR) is 122 cm³/mol. The lowest BCUT2D eigenvalue weighted by Crippen LogP contribution is -2.31. The van der Waals surface area contributed by atoms with Crippen LogP contribution in [0.5, 0.6) is 0 Å². The van der Waals surface area contributed by atoms with Crippen LogP contribution in [-0.2, 0) is 11.8 Å². The summed E-state index contributed by atoms with van der Waals surface area (Å²) in [7, 11) is 1.63. The van der Waals surface area contributed by atoms with E-state index in [1.807, 2.05) is 0 Å². The molecule has 4 N–H and O–H groups in total. The number of aliphatic carboxylic acids is 1. The molecule has 12 heteroatoms. The van der Waals surface area contributed by atoms with Gasteiger partial charge in [0.1, 0.15) is 17.2 Å². The van der Waals surface area contributed by atoms with Gasteiger partial charge in [0.15, 0.2) is 0 Å². The number of nitrogens with zero attached hydrogens (tertiary/aromatic N) is 3. The van der Waals surface area contributed by atoms with Crippen molar-refractivity contribution in [1.29, 1.82) is 0 Å². The molecule has 1 amide bonds. The number of nitro groups is 1. The Morgan fingerprint density at radius 1 is 1.38 bits per heavy atom. The summed E-state index contributed by atoms with van der Waals surface area (Å²) < 4.78 is 14.9. The van der Waals surface area contributed by atoms with Gasteiger partial charge in [-0.05, 0) is 55.7 Å². The molecule has 182 valence electrons. The molecule has 2 aliphatic carbocycles. The number of aromatic nitrogens is 2. The first-order valence-electron chi connectivity index (χ1n) is 10.9. The molecule has 1 aromatic carbocycles. The first-order valence-corrected chi connectivity index (χ1v) is 11.3. The van der Waals surface area contributed by atoms with E-state index in [0.717, 1.165) is 6.07 Å². The summed E-state index contributed by atoms with van der Waals surface area (Å²) in [6, 6.07) is 3.85. The van der Waals surface area contributed by atoms with Gasteiger partial charge in [0.25, 0.3) is 5.91 Å². The number of aryl methyl sites for hydroxylation is 1. The number of hydrogen-bond donors (Lipinski definition) is 3. The maximum Gasteiger partial charge on any atom is 0.304 e. The van der Waals surface area contributed by atoms with E-state index in [1.165, 1.54) is 16.8 Å². The zero-order valence-corrected chi connectivity index (χ0v) is 19.2. The highest BCUT2D eigenvalue weighted by Gasteiger charge is 2.53. The van der Waals surface area contributed by atoms with Gasteiger partial charge in [-0.3, -0.25) is 24.4 Å². The Bertz CT molecular complexity index is 1140. The highest BCUT2D eigenvalue weighted by atomic mass is 35.5. The largest absolute Gasteiger partial charge is 0.481 e. The van der Waals surface area contributed by atoms with Crippen LogP contribution in [0.3, 0.4) is 0 Å². The van der Waals surface area contributed by atoms with Gasteiger partial charge < -0.3 is 16.2 Å². The average molecular weight is 494 g/mol. The summed E-state index contributed by atoms with van der Waals surface area (Å²) >= 11 is 5.81. The number of amides is 1. The third kappa shape index (κ3) is 4.56. The number of hydrogen-bond acceptors (Lipinski definition) is 6. The summed E-state index contributed by atoms with van der Waals surface area (Å²) in [5, 5.41) is 27.6. The van der Waals surface area contributed by atoms with Crippen molar-refractivity contribution in [2.75, 3.05) is 17.6 Å². The maximum absolute atomic E-state index is 13.5. The molecule has 0 spiro atoms. The minimum atomic E-state index is -1.03. The van der Waals surface area contributed by atoms with Gasteiger partial charge in [-0.2, -0.15) is 5.10 Å². The average Bonchev–Trinajstić information content (AvgIpc) is 3.33. The molecule has 2 atom stereocenters. The van der Waals surface area contributed by atoms with Crippen LogP contribution < -0.4 is 11.1 Å². The second-order valence-corrected chi connectivity index (χ2v) is 9.92. The maximum atomic E-state index is 13.5. The number of nitrogen functional groups attached to an aromatic ring is 1. The number of benzene rings is 1. The van der Waals surface area contributed by atoms with Gasteiger partial charge in [-0.15, -0.1) is 0 Å². The van der Waals surface area contributed by atoms with Crippen molar-refractivity contribution in [1.82, 2.24) is 9.78 Å². The van der Waals surface area contributed by atoms with Gasteiger partial charge in [-0.1, -0.05) is 11.6 Å². The summed E-state index contributed by atoms with van der Waals surface area (Å²) in [5.74, 6) is -1.81. The first kappa shape index (κ1) is 23.9. The molecule has 0 bridgehead atoms. The number of carbonyl (C=O) groups excluding carboxylic acids is 1. The van der Waals surface area contributed by atoms with E-state index in [1.54, 1.807) is 7.05 Å². The molecule has 2 aromatic rings. The molecule has 2 unspecified atom stereocenters. The van der Waals surface area contributed by atoms with E-state index < -0.39 is 28.0 Å². The van der Waals surface area contributed by atoms with E-state index in [0.29, 0.717) is 37.1 Å². The molecule has 0 radical (unpaired) electrons. The van der Waals surface area contributed by atoms with Gasteiger partial charge in [-0.25, -0.2) is 4.39 Å². The third-order valence-electron chi connectivity index (χ3n) is 7.13. The highest BCUT2D eigenvalue weighted by Crippen LogP contribution is 2.58. The van der Waals surface area contributed by atoms with Crippen LogP contribution in [0.4, 0.5) is 15.9 Å². The molecule has 34 heavy (non-hydrogen) atoms. The van der Waals surface area contributed by atoms with Crippen molar-refractivity contribution < 1.29 is 24.0 Å². The van der Waals surface area contributed by atoms with Crippen molar-refractivity contribution in [3.8, 4) is 0 Å². The molecule has 4 rings (SSSR count). The Labute approximate surface area is 199 Å². The highest BCUT2D eigenvalue weighted by molar-refractivity contribution is 6.31. The second kappa shape index (κ2) is 8.86. The van der Waals surface area contributed by atoms with Crippen molar-refractivity contribution in [3.05, 3.63) is 50.4 Å². The van der Waals surface area contributed by atoms with E-state index >= 15 is 0 Å². The molecule has 2 fully saturated rings. The van der Waals surface area contributed by atoms with Crippen LogP contribution in [0.2, 0.25) is 5.02 Å². The number of carboxylic acid groups (broad SMARTS) is 1. The summed E-state index contributed by atoms with van der Waals surface area (Å²) in [6.45, 7) is -0.360. The number of nitrogens with two attached hydrogens (primary N) is 1.